The summed E-state index contributed by atoms with van der Waals surface area (Å²) in [6.07, 6.45) is 8.03. The van der Waals surface area contributed by atoms with E-state index >= 15 is 0 Å². The first-order chi connectivity index (χ1) is 9.57. The number of halogens is 1. The summed E-state index contributed by atoms with van der Waals surface area (Å²) in [6, 6.07) is 1.93. The number of nitrogens with zero attached hydrogens (tertiary/aromatic N) is 1. The number of carbonyl (C=O) groups excluding carboxylic acids is 1. The quantitative estimate of drug-likeness (QED) is 0.655. The summed E-state index contributed by atoms with van der Waals surface area (Å²) in [5.41, 5.74) is 7.28. The average molecular weight is 340 g/mol. The van der Waals surface area contributed by atoms with Crippen LogP contribution in [0.3, 0.4) is 0 Å². The number of rotatable bonds is 3. The first kappa shape index (κ1) is 15.4. The van der Waals surface area contributed by atoms with Gasteiger partial charge in [0.05, 0.1) is 17.3 Å². The Morgan fingerprint density at radius 3 is 2.60 bits per heavy atom. The highest BCUT2D eigenvalue weighted by molar-refractivity contribution is 9.10. The third kappa shape index (κ3) is 3.38. The molecule has 1 aromatic rings. The summed E-state index contributed by atoms with van der Waals surface area (Å²) in [7, 11) is 0. The molecule has 0 unspecified atom stereocenters. The molecule has 5 heteroatoms. The molecule has 3 N–H and O–H groups in total. The van der Waals surface area contributed by atoms with Crippen molar-refractivity contribution in [2.75, 3.05) is 11.9 Å². The molecule has 4 nitrogen and oxygen atoms in total. The van der Waals surface area contributed by atoms with E-state index in [-0.39, 0.29) is 5.91 Å². The molecule has 0 saturated heterocycles. The smallest absolute Gasteiger partial charge is 0.231 e. The molecule has 0 spiro atoms. The van der Waals surface area contributed by atoms with E-state index in [1.807, 2.05) is 13.0 Å². The minimum Gasteiger partial charge on any atom is -0.329 e. The van der Waals surface area contributed by atoms with Crippen molar-refractivity contribution in [3.05, 3.63) is 22.4 Å². The standard InChI is InChI=1S/C15H22BrN3O/c1-11-8-12(9-18-13(11)16)19-14(20)15(10-17)6-4-2-3-5-7-15/h8-9H,2-7,10,17H2,1H3,(H,19,20). The van der Waals surface area contributed by atoms with Crippen LogP contribution in [0.1, 0.15) is 44.1 Å². The Bertz CT molecular complexity index is 482. The van der Waals surface area contributed by atoms with Crippen LogP contribution in [0.4, 0.5) is 5.69 Å². The SMILES string of the molecule is Cc1cc(NC(=O)C2(CN)CCCCCC2)cnc1Br. The summed E-state index contributed by atoms with van der Waals surface area (Å²) in [6.45, 7) is 2.37. The lowest BCUT2D eigenvalue weighted by molar-refractivity contribution is -0.125. The van der Waals surface area contributed by atoms with Crippen molar-refractivity contribution in [1.29, 1.82) is 0 Å². The fraction of sp³-hybridized carbons (Fsp3) is 0.600. The summed E-state index contributed by atoms with van der Waals surface area (Å²) < 4.78 is 0.804. The second kappa shape index (κ2) is 6.68. The predicted octanol–water partition coefficient (Wildman–Crippen LogP) is 3.39. The maximum Gasteiger partial charge on any atom is 0.231 e. The zero-order valence-corrected chi connectivity index (χ0v) is 13.5. The maximum absolute atomic E-state index is 12.6. The molecule has 1 fully saturated rings. The Kier molecular flexibility index (Phi) is 5.16. The highest BCUT2D eigenvalue weighted by Gasteiger charge is 2.37. The van der Waals surface area contributed by atoms with Gasteiger partial charge in [-0.05, 0) is 47.3 Å². The molecule has 20 heavy (non-hydrogen) atoms. The van der Waals surface area contributed by atoms with Gasteiger partial charge in [-0.15, -0.1) is 0 Å². The number of aryl methyl sites for hydroxylation is 1. The van der Waals surface area contributed by atoms with Crippen LogP contribution in [0.2, 0.25) is 0 Å². The Morgan fingerprint density at radius 1 is 1.40 bits per heavy atom. The van der Waals surface area contributed by atoms with Gasteiger partial charge in [0.25, 0.3) is 0 Å². The lowest BCUT2D eigenvalue weighted by Gasteiger charge is -2.29. The van der Waals surface area contributed by atoms with Gasteiger partial charge in [-0.1, -0.05) is 25.7 Å². The molecule has 0 atom stereocenters. The van der Waals surface area contributed by atoms with Crippen molar-refractivity contribution < 1.29 is 4.79 Å². The minimum atomic E-state index is -0.405. The molecule has 1 saturated carbocycles. The summed E-state index contributed by atoms with van der Waals surface area (Å²) in [5, 5.41) is 3.00. The van der Waals surface area contributed by atoms with E-state index in [0.29, 0.717) is 6.54 Å². The minimum absolute atomic E-state index is 0.0467. The van der Waals surface area contributed by atoms with Gasteiger partial charge in [0.1, 0.15) is 4.60 Å². The number of nitrogens with one attached hydrogen (secondary N) is 1. The van der Waals surface area contributed by atoms with Crippen molar-refractivity contribution in [1.82, 2.24) is 4.98 Å². The van der Waals surface area contributed by atoms with Gasteiger partial charge in [0.2, 0.25) is 5.91 Å². The number of aromatic nitrogens is 1. The van der Waals surface area contributed by atoms with Crippen LogP contribution in [-0.4, -0.2) is 17.4 Å². The molecule has 0 aromatic carbocycles. The van der Waals surface area contributed by atoms with Crippen LogP contribution < -0.4 is 11.1 Å². The lowest BCUT2D eigenvalue weighted by atomic mass is 9.79. The number of amides is 1. The molecule has 1 aliphatic rings. The van der Waals surface area contributed by atoms with Crippen LogP contribution in [0.25, 0.3) is 0 Å². The third-order valence-electron chi connectivity index (χ3n) is 4.21. The zero-order chi connectivity index (χ0) is 14.6. The maximum atomic E-state index is 12.6. The van der Waals surface area contributed by atoms with Gasteiger partial charge in [-0.25, -0.2) is 4.98 Å². The number of hydrogen-bond acceptors (Lipinski definition) is 3. The first-order valence-electron chi connectivity index (χ1n) is 7.21. The van der Waals surface area contributed by atoms with E-state index in [1.54, 1.807) is 6.20 Å². The highest BCUT2D eigenvalue weighted by atomic mass is 79.9. The fourth-order valence-corrected chi connectivity index (χ4v) is 3.04. The number of carbonyl (C=O) groups is 1. The van der Waals surface area contributed by atoms with Gasteiger partial charge in [0, 0.05) is 6.54 Å². The first-order valence-corrected chi connectivity index (χ1v) is 8.00. The second-order valence-corrected chi connectivity index (χ2v) is 6.44. The van der Waals surface area contributed by atoms with Crippen molar-refractivity contribution in [2.24, 2.45) is 11.1 Å². The molecule has 0 aliphatic heterocycles. The molecule has 1 aliphatic carbocycles. The van der Waals surface area contributed by atoms with Gasteiger partial charge >= 0.3 is 0 Å². The number of nitrogens with two attached hydrogens (primary N) is 1. The van der Waals surface area contributed by atoms with E-state index < -0.39 is 5.41 Å². The summed E-state index contributed by atoms with van der Waals surface area (Å²) in [4.78, 5) is 16.9. The molecule has 0 bridgehead atoms. The molecular weight excluding hydrogens is 318 g/mol. The van der Waals surface area contributed by atoms with E-state index in [4.69, 9.17) is 5.73 Å². The highest BCUT2D eigenvalue weighted by Crippen LogP contribution is 2.35. The fourth-order valence-electron chi connectivity index (χ4n) is 2.82. The van der Waals surface area contributed by atoms with Crippen LogP contribution in [-0.2, 0) is 4.79 Å². The van der Waals surface area contributed by atoms with E-state index in [1.165, 1.54) is 12.8 Å². The normalized spacial score (nSPS) is 18.4. The lowest BCUT2D eigenvalue weighted by Crippen LogP contribution is -2.42. The Hall–Kier alpha value is -0.940. The van der Waals surface area contributed by atoms with Crippen LogP contribution >= 0.6 is 15.9 Å². The van der Waals surface area contributed by atoms with Gasteiger partial charge in [-0.3, -0.25) is 4.79 Å². The summed E-state index contributed by atoms with van der Waals surface area (Å²) >= 11 is 3.36. The molecule has 1 aromatic heterocycles. The van der Waals surface area contributed by atoms with Crippen LogP contribution in [0, 0.1) is 12.3 Å². The number of pyridine rings is 1. The monoisotopic (exact) mass is 339 g/mol. The summed E-state index contributed by atoms with van der Waals surface area (Å²) in [5.74, 6) is 0.0467. The third-order valence-corrected chi connectivity index (χ3v) is 5.04. The molecular formula is C15H22BrN3O. The Labute approximate surface area is 128 Å². The second-order valence-electron chi connectivity index (χ2n) is 5.68. The van der Waals surface area contributed by atoms with Crippen LogP contribution in [0.15, 0.2) is 16.9 Å². The van der Waals surface area contributed by atoms with Crippen molar-refractivity contribution >= 4 is 27.5 Å². The topological polar surface area (TPSA) is 68.0 Å². The predicted molar refractivity (Wildman–Crippen MR) is 84.5 cm³/mol. The van der Waals surface area contributed by atoms with E-state index in [9.17, 15) is 4.79 Å². The van der Waals surface area contributed by atoms with Gasteiger partial charge < -0.3 is 11.1 Å². The van der Waals surface area contributed by atoms with Crippen molar-refractivity contribution in [3.8, 4) is 0 Å². The molecule has 2 rings (SSSR count). The zero-order valence-electron chi connectivity index (χ0n) is 11.9. The van der Waals surface area contributed by atoms with Crippen molar-refractivity contribution in [2.45, 2.75) is 45.4 Å². The van der Waals surface area contributed by atoms with Crippen LogP contribution in [0.5, 0.6) is 0 Å². The van der Waals surface area contributed by atoms with Gasteiger partial charge in [0.15, 0.2) is 0 Å². The number of hydrogen-bond donors (Lipinski definition) is 2. The van der Waals surface area contributed by atoms with E-state index in [0.717, 1.165) is 41.5 Å². The molecule has 0 radical (unpaired) electrons. The number of anilines is 1. The molecule has 110 valence electrons. The Morgan fingerprint density at radius 2 is 2.05 bits per heavy atom. The van der Waals surface area contributed by atoms with E-state index in [2.05, 4.69) is 26.2 Å². The Balaban J connectivity index is 2.14. The average Bonchev–Trinajstić information content (AvgIpc) is 2.69. The molecule has 1 amide bonds. The van der Waals surface area contributed by atoms with Gasteiger partial charge in [-0.2, -0.15) is 0 Å². The van der Waals surface area contributed by atoms with Crippen molar-refractivity contribution in [3.63, 3.8) is 0 Å². The molecule has 1 heterocycles. The largest absolute Gasteiger partial charge is 0.329 e.